The number of urea groups is 1. The number of likely N-dealkylation sites (N-methyl/N-ethyl adjacent to an activating group) is 1. The van der Waals surface area contributed by atoms with Gasteiger partial charge in [0.2, 0.25) is 0 Å². The van der Waals surface area contributed by atoms with Crippen molar-refractivity contribution in [2.75, 3.05) is 31.1 Å². The third kappa shape index (κ3) is 2.95. The van der Waals surface area contributed by atoms with Gasteiger partial charge in [-0.3, -0.25) is 14.5 Å². The Labute approximate surface area is 123 Å². The molecular weight excluding hydrogens is 270 g/mol. The number of carbonyl (C=O) groups excluding carboxylic acids is 3. The van der Waals surface area contributed by atoms with Crippen LogP contribution >= 0.6 is 0 Å². The van der Waals surface area contributed by atoms with Crippen molar-refractivity contribution < 1.29 is 14.4 Å². The van der Waals surface area contributed by atoms with Crippen LogP contribution in [0.4, 0.5) is 10.5 Å². The third-order valence-electron chi connectivity index (χ3n) is 3.60. The normalized spacial score (nSPS) is 15.5. The first-order chi connectivity index (χ1) is 10.1. The number of carbonyl (C=O) groups is 3. The van der Waals surface area contributed by atoms with E-state index in [0.717, 1.165) is 22.9 Å². The average Bonchev–Trinajstić information content (AvgIpc) is 2.72. The molecule has 6 nitrogen and oxygen atoms in total. The maximum atomic E-state index is 12.3. The second-order valence-electron chi connectivity index (χ2n) is 4.74. The minimum absolute atomic E-state index is 0.231. The number of hydrogen-bond acceptors (Lipinski definition) is 4. The molecule has 0 bridgehead atoms. The minimum atomic E-state index is -0.786. The fourth-order valence-corrected chi connectivity index (χ4v) is 2.29. The van der Waals surface area contributed by atoms with Crippen LogP contribution in [0.1, 0.15) is 13.8 Å². The smallest absolute Gasteiger partial charge is 0.302 e. The quantitative estimate of drug-likeness (QED) is 0.585. The topological polar surface area (TPSA) is 60.9 Å². The molecule has 1 aliphatic heterocycles. The Kier molecular flexibility index (Phi) is 4.70. The van der Waals surface area contributed by atoms with Crippen molar-refractivity contribution in [1.29, 1.82) is 0 Å². The monoisotopic (exact) mass is 289 g/mol. The van der Waals surface area contributed by atoms with Crippen molar-refractivity contribution in [3.05, 3.63) is 30.3 Å². The van der Waals surface area contributed by atoms with E-state index in [1.54, 1.807) is 30.3 Å². The van der Waals surface area contributed by atoms with E-state index in [1.165, 1.54) is 0 Å². The largest absolute Gasteiger partial charge is 0.338 e. The summed E-state index contributed by atoms with van der Waals surface area (Å²) in [4.78, 5) is 40.4. The zero-order chi connectivity index (χ0) is 15.4. The van der Waals surface area contributed by atoms with E-state index in [2.05, 4.69) is 4.90 Å². The molecule has 0 radical (unpaired) electrons. The van der Waals surface area contributed by atoms with Gasteiger partial charge in [-0.1, -0.05) is 32.0 Å². The van der Waals surface area contributed by atoms with E-state index < -0.39 is 17.8 Å². The number of rotatable bonds is 6. The van der Waals surface area contributed by atoms with Crippen LogP contribution in [-0.4, -0.2) is 53.8 Å². The van der Waals surface area contributed by atoms with Crippen LogP contribution in [0.3, 0.4) is 0 Å². The van der Waals surface area contributed by atoms with Crippen LogP contribution in [0, 0.1) is 0 Å². The highest BCUT2D eigenvalue weighted by Crippen LogP contribution is 2.21. The predicted molar refractivity (Wildman–Crippen MR) is 78.8 cm³/mol. The van der Waals surface area contributed by atoms with Gasteiger partial charge in [0, 0.05) is 13.1 Å². The molecule has 0 saturated carbocycles. The SMILES string of the molecule is CCN(CC)CCN1C(=O)C(=O)N(c2ccccc2)C1=O. The fraction of sp³-hybridized carbons (Fsp3) is 0.400. The fourth-order valence-electron chi connectivity index (χ4n) is 2.29. The first-order valence-corrected chi connectivity index (χ1v) is 7.07. The Hall–Kier alpha value is -2.21. The van der Waals surface area contributed by atoms with Gasteiger partial charge < -0.3 is 4.90 Å². The van der Waals surface area contributed by atoms with Crippen molar-refractivity contribution in [3.63, 3.8) is 0 Å². The number of benzene rings is 1. The number of anilines is 1. The highest BCUT2D eigenvalue weighted by Gasteiger charge is 2.45. The Morgan fingerprint density at radius 3 is 2.14 bits per heavy atom. The molecule has 1 aromatic rings. The first-order valence-electron chi connectivity index (χ1n) is 7.07. The molecule has 0 N–H and O–H groups in total. The van der Waals surface area contributed by atoms with E-state index in [9.17, 15) is 14.4 Å². The number of para-hydroxylation sites is 1. The second kappa shape index (κ2) is 6.49. The highest BCUT2D eigenvalue weighted by molar-refractivity contribution is 6.52. The summed E-state index contributed by atoms with van der Waals surface area (Å²) in [7, 11) is 0. The molecule has 2 rings (SSSR count). The average molecular weight is 289 g/mol. The summed E-state index contributed by atoms with van der Waals surface area (Å²) in [6.45, 7) is 6.50. The van der Waals surface area contributed by atoms with Crippen molar-refractivity contribution in [3.8, 4) is 0 Å². The Morgan fingerprint density at radius 2 is 1.57 bits per heavy atom. The van der Waals surface area contributed by atoms with Gasteiger partial charge in [-0.05, 0) is 25.2 Å². The van der Waals surface area contributed by atoms with Gasteiger partial charge in [-0.25, -0.2) is 9.69 Å². The molecule has 0 atom stereocenters. The highest BCUT2D eigenvalue weighted by atomic mass is 16.2. The molecule has 1 aromatic carbocycles. The first kappa shape index (κ1) is 15.2. The Balaban J connectivity index is 2.13. The summed E-state index contributed by atoms with van der Waals surface area (Å²) >= 11 is 0. The summed E-state index contributed by atoms with van der Waals surface area (Å²) in [5.74, 6) is -1.54. The minimum Gasteiger partial charge on any atom is -0.302 e. The summed E-state index contributed by atoms with van der Waals surface area (Å²) < 4.78 is 0. The summed E-state index contributed by atoms with van der Waals surface area (Å²) in [5, 5.41) is 0. The number of hydrogen-bond donors (Lipinski definition) is 0. The van der Waals surface area contributed by atoms with E-state index >= 15 is 0 Å². The Morgan fingerprint density at radius 1 is 0.952 bits per heavy atom. The summed E-state index contributed by atoms with van der Waals surface area (Å²) in [6, 6.07) is 7.93. The van der Waals surface area contributed by atoms with Gasteiger partial charge in [0.1, 0.15) is 0 Å². The lowest BCUT2D eigenvalue weighted by molar-refractivity contribution is -0.139. The number of nitrogens with zero attached hydrogens (tertiary/aromatic N) is 3. The molecule has 0 aliphatic carbocycles. The van der Waals surface area contributed by atoms with Crippen molar-refractivity contribution in [2.24, 2.45) is 0 Å². The number of amides is 4. The maximum absolute atomic E-state index is 12.3. The van der Waals surface area contributed by atoms with Crippen LogP contribution < -0.4 is 4.90 Å². The van der Waals surface area contributed by atoms with Gasteiger partial charge in [0.25, 0.3) is 0 Å². The van der Waals surface area contributed by atoms with E-state index in [4.69, 9.17) is 0 Å². The lowest BCUT2D eigenvalue weighted by Crippen LogP contribution is -2.39. The van der Waals surface area contributed by atoms with Crippen LogP contribution in [0.2, 0.25) is 0 Å². The second-order valence-corrected chi connectivity index (χ2v) is 4.74. The van der Waals surface area contributed by atoms with Gasteiger partial charge in [0.15, 0.2) is 0 Å². The molecule has 1 saturated heterocycles. The predicted octanol–water partition coefficient (Wildman–Crippen LogP) is 1.32. The molecule has 4 amide bonds. The lowest BCUT2D eigenvalue weighted by Gasteiger charge is -2.21. The molecule has 112 valence electrons. The molecule has 1 aliphatic rings. The molecule has 6 heteroatoms. The Bertz CT molecular complexity index is 540. The molecule has 0 unspecified atom stereocenters. The lowest BCUT2D eigenvalue weighted by atomic mass is 10.3. The molecule has 0 aromatic heterocycles. The standard InChI is InChI=1S/C15H19N3O3/c1-3-16(4-2)10-11-17-13(19)14(20)18(15(17)21)12-8-6-5-7-9-12/h5-9H,3-4,10-11H2,1-2H3. The van der Waals surface area contributed by atoms with Crippen molar-refractivity contribution in [2.45, 2.75) is 13.8 Å². The maximum Gasteiger partial charge on any atom is 0.338 e. The molecule has 1 fully saturated rings. The van der Waals surface area contributed by atoms with Gasteiger partial charge in [0.05, 0.1) is 5.69 Å². The number of imide groups is 2. The molecule has 1 heterocycles. The molecular formula is C15H19N3O3. The zero-order valence-electron chi connectivity index (χ0n) is 12.3. The van der Waals surface area contributed by atoms with Crippen LogP contribution in [0.25, 0.3) is 0 Å². The van der Waals surface area contributed by atoms with Crippen LogP contribution in [0.15, 0.2) is 30.3 Å². The van der Waals surface area contributed by atoms with Crippen molar-refractivity contribution in [1.82, 2.24) is 9.80 Å². The van der Waals surface area contributed by atoms with E-state index in [0.29, 0.717) is 12.2 Å². The van der Waals surface area contributed by atoms with Gasteiger partial charge >= 0.3 is 17.8 Å². The third-order valence-corrected chi connectivity index (χ3v) is 3.60. The molecule has 0 spiro atoms. The van der Waals surface area contributed by atoms with Gasteiger partial charge in [-0.15, -0.1) is 0 Å². The van der Waals surface area contributed by atoms with E-state index in [1.807, 2.05) is 13.8 Å². The molecule has 21 heavy (non-hydrogen) atoms. The van der Waals surface area contributed by atoms with E-state index in [-0.39, 0.29) is 6.54 Å². The van der Waals surface area contributed by atoms with Crippen LogP contribution in [0.5, 0.6) is 0 Å². The zero-order valence-corrected chi connectivity index (χ0v) is 12.3. The van der Waals surface area contributed by atoms with Gasteiger partial charge in [-0.2, -0.15) is 0 Å². The van der Waals surface area contributed by atoms with Crippen molar-refractivity contribution >= 4 is 23.5 Å². The van der Waals surface area contributed by atoms with Crippen LogP contribution in [-0.2, 0) is 9.59 Å². The summed E-state index contributed by atoms with van der Waals surface area (Å²) in [6.07, 6.45) is 0. The summed E-state index contributed by atoms with van der Waals surface area (Å²) in [5.41, 5.74) is 0.422.